The zero-order valence-corrected chi connectivity index (χ0v) is 23.0. The number of benzene rings is 1. The number of hydrogen-bond donors (Lipinski definition) is 1. The lowest BCUT2D eigenvalue weighted by molar-refractivity contribution is 0.0282. The summed E-state index contributed by atoms with van der Waals surface area (Å²) in [5.41, 5.74) is 0.718. The first-order chi connectivity index (χ1) is 16.7. The summed E-state index contributed by atoms with van der Waals surface area (Å²) in [6, 6.07) is 8.96. The number of rotatable bonds is 10. The van der Waals surface area contributed by atoms with Crippen LogP contribution in [0.5, 0.6) is 0 Å². The number of aliphatic hydroxyl groups is 1. The first-order valence-electron chi connectivity index (χ1n) is 11.9. The van der Waals surface area contributed by atoms with Crippen LogP contribution in [-0.4, -0.2) is 42.4 Å². The van der Waals surface area contributed by atoms with Crippen LogP contribution in [0.25, 0.3) is 0 Å². The van der Waals surface area contributed by atoms with E-state index in [0.29, 0.717) is 40.5 Å². The van der Waals surface area contributed by atoms with Crippen molar-refractivity contribution in [3.05, 3.63) is 55.7 Å². The van der Waals surface area contributed by atoms with Gasteiger partial charge in [-0.25, -0.2) is 4.79 Å². The van der Waals surface area contributed by atoms with E-state index in [0.717, 1.165) is 29.7 Å². The predicted octanol–water partition coefficient (Wildman–Crippen LogP) is 6.86. The zero-order valence-electron chi connectivity index (χ0n) is 19.9. The molecule has 35 heavy (non-hydrogen) atoms. The number of halogens is 3. The first-order valence-corrected chi connectivity index (χ1v) is 13.9. The molecule has 0 radical (unpaired) electrons. The average molecular weight is 558 g/mol. The molecule has 1 saturated carbocycles. The Kier molecular flexibility index (Phi) is 11.2. The van der Waals surface area contributed by atoms with E-state index in [-0.39, 0.29) is 29.8 Å². The van der Waals surface area contributed by atoms with Gasteiger partial charge in [-0.3, -0.25) is 0 Å². The van der Waals surface area contributed by atoms with E-state index < -0.39 is 6.10 Å². The second-order valence-corrected chi connectivity index (χ2v) is 11.8. The summed E-state index contributed by atoms with van der Waals surface area (Å²) >= 11 is 20.2. The second kappa shape index (κ2) is 13.9. The van der Waals surface area contributed by atoms with Crippen LogP contribution >= 0.6 is 46.1 Å². The van der Waals surface area contributed by atoms with Crippen LogP contribution in [0.15, 0.2) is 30.3 Å². The minimum Gasteiger partial charge on any atom is -0.459 e. The van der Waals surface area contributed by atoms with Crippen LogP contribution < -0.4 is 0 Å². The van der Waals surface area contributed by atoms with Crippen molar-refractivity contribution in [2.24, 2.45) is 17.8 Å². The first kappa shape index (κ1) is 28.3. The number of aryl methyl sites for hydroxylation is 1. The summed E-state index contributed by atoms with van der Waals surface area (Å²) in [7, 11) is 0. The van der Waals surface area contributed by atoms with Gasteiger partial charge in [0.2, 0.25) is 0 Å². The summed E-state index contributed by atoms with van der Waals surface area (Å²) in [4.78, 5) is 14.0. The van der Waals surface area contributed by atoms with Gasteiger partial charge in [-0.2, -0.15) is 0 Å². The van der Waals surface area contributed by atoms with E-state index in [1.54, 1.807) is 18.2 Å². The van der Waals surface area contributed by atoms with E-state index >= 15 is 0 Å². The molecule has 4 atom stereocenters. The van der Waals surface area contributed by atoms with E-state index in [2.05, 4.69) is 25.7 Å². The number of aliphatic hydroxyl groups excluding tert-OH is 1. The normalized spacial score (nSPS) is 21.7. The quantitative estimate of drug-likeness (QED) is 0.150. The number of esters is 1. The molecule has 1 aliphatic rings. The molecule has 1 aromatic heterocycles. The fourth-order valence-electron chi connectivity index (χ4n) is 4.14. The third-order valence-electron chi connectivity index (χ3n) is 5.79. The maximum Gasteiger partial charge on any atom is 0.348 e. The lowest BCUT2D eigenvalue weighted by Gasteiger charge is -2.18. The Balaban J connectivity index is 1.49. The molecule has 4 nitrogen and oxygen atoms in total. The molecular weight excluding hydrogens is 527 g/mol. The van der Waals surface area contributed by atoms with Crippen LogP contribution in [0.1, 0.15) is 53.2 Å². The second-order valence-electron chi connectivity index (χ2n) is 9.20. The van der Waals surface area contributed by atoms with Crippen molar-refractivity contribution in [2.75, 3.05) is 19.8 Å². The monoisotopic (exact) mass is 556 g/mol. The van der Waals surface area contributed by atoms with Gasteiger partial charge in [0, 0.05) is 32.5 Å². The lowest BCUT2D eigenvalue weighted by Crippen LogP contribution is -2.19. The number of hydrogen-bond acceptors (Lipinski definition) is 5. The Labute approximate surface area is 226 Å². The van der Waals surface area contributed by atoms with Gasteiger partial charge in [-0.15, -0.1) is 22.9 Å². The number of alkyl halides is 1. The number of ether oxygens (including phenoxy) is 2. The van der Waals surface area contributed by atoms with Gasteiger partial charge in [0.15, 0.2) is 0 Å². The molecule has 0 amide bonds. The highest BCUT2D eigenvalue weighted by atomic mass is 35.5. The van der Waals surface area contributed by atoms with Crippen molar-refractivity contribution < 1.29 is 19.4 Å². The molecule has 0 saturated heterocycles. The van der Waals surface area contributed by atoms with E-state index in [1.165, 1.54) is 11.3 Å². The molecule has 0 aliphatic heterocycles. The van der Waals surface area contributed by atoms with Crippen molar-refractivity contribution >= 4 is 52.1 Å². The standard InChI is InChI=1S/C27H31Cl3O4S/c1-17(2)16-33-10-11-34-27(32)26-9-7-21(35-26)4-3-5-22-23(25(31)15-24(22)30)8-6-18-12-19(28)14-20(29)13-18/h7,9,12-14,17,22-25,31H,3-5,10-11,15-16H2,1-2H3/t22-,23?,24?,25-/m1/s1. The summed E-state index contributed by atoms with van der Waals surface area (Å²) in [5, 5.41) is 11.5. The van der Waals surface area contributed by atoms with Crippen molar-refractivity contribution in [1.82, 2.24) is 0 Å². The van der Waals surface area contributed by atoms with Crippen molar-refractivity contribution in [2.45, 2.75) is 51.0 Å². The summed E-state index contributed by atoms with van der Waals surface area (Å²) < 4.78 is 10.7. The van der Waals surface area contributed by atoms with Gasteiger partial charge in [0.1, 0.15) is 11.5 Å². The van der Waals surface area contributed by atoms with Crippen LogP contribution in [0.4, 0.5) is 0 Å². The SMILES string of the molecule is CC(C)COCCOC(=O)c1ccc(CCC[C@H]2C(Cl)C[C@@H](O)C2C#Cc2cc(Cl)cc(Cl)c2)s1. The van der Waals surface area contributed by atoms with Crippen LogP contribution in [0.2, 0.25) is 10.0 Å². The molecule has 8 heteroatoms. The molecule has 2 unspecified atom stereocenters. The van der Waals surface area contributed by atoms with Crippen molar-refractivity contribution in [3.63, 3.8) is 0 Å². The topological polar surface area (TPSA) is 55.8 Å². The predicted molar refractivity (Wildman–Crippen MR) is 144 cm³/mol. The third kappa shape index (κ3) is 8.97. The Morgan fingerprint density at radius 3 is 2.66 bits per heavy atom. The van der Waals surface area contributed by atoms with Gasteiger partial charge < -0.3 is 14.6 Å². The fraction of sp³-hybridized carbons (Fsp3) is 0.519. The van der Waals surface area contributed by atoms with Crippen LogP contribution in [0, 0.1) is 29.6 Å². The smallest absolute Gasteiger partial charge is 0.348 e. The number of carbonyl (C=O) groups excluding carboxylic acids is 1. The zero-order chi connectivity index (χ0) is 25.4. The molecule has 0 spiro atoms. The summed E-state index contributed by atoms with van der Waals surface area (Å²) in [6.45, 7) is 5.47. The molecule has 0 bridgehead atoms. The molecule has 1 heterocycles. The van der Waals surface area contributed by atoms with E-state index in [1.807, 2.05) is 12.1 Å². The molecule has 1 fully saturated rings. The van der Waals surface area contributed by atoms with Gasteiger partial charge in [-0.1, -0.05) is 48.9 Å². The Bertz CT molecular complexity index is 1020. The van der Waals surface area contributed by atoms with Crippen molar-refractivity contribution in [1.29, 1.82) is 0 Å². The van der Waals surface area contributed by atoms with E-state index in [9.17, 15) is 9.90 Å². The Hall–Kier alpha value is -1.26. The summed E-state index contributed by atoms with van der Waals surface area (Å²) in [5.74, 6) is 6.34. The maximum absolute atomic E-state index is 12.2. The third-order valence-corrected chi connectivity index (χ3v) is 7.85. The van der Waals surface area contributed by atoms with Gasteiger partial charge in [0.05, 0.1) is 18.6 Å². The minimum absolute atomic E-state index is 0.0871. The van der Waals surface area contributed by atoms with Crippen LogP contribution in [0.3, 0.4) is 0 Å². The Morgan fingerprint density at radius 2 is 1.94 bits per heavy atom. The number of carbonyl (C=O) groups is 1. The molecular formula is C27H31Cl3O4S. The van der Waals surface area contributed by atoms with Crippen LogP contribution in [-0.2, 0) is 15.9 Å². The number of thiophene rings is 1. The molecule has 1 N–H and O–H groups in total. The molecule has 1 aromatic carbocycles. The maximum atomic E-state index is 12.2. The molecule has 1 aliphatic carbocycles. The fourth-order valence-corrected chi connectivity index (χ4v) is 6.07. The molecule has 2 aromatic rings. The molecule has 190 valence electrons. The highest BCUT2D eigenvalue weighted by Gasteiger charge is 2.40. The Morgan fingerprint density at radius 1 is 1.20 bits per heavy atom. The van der Waals surface area contributed by atoms with Gasteiger partial charge in [-0.05, 0) is 67.9 Å². The average Bonchev–Trinajstić information content (AvgIpc) is 3.35. The van der Waals surface area contributed by atoms with Gasteiger partial charge >= 0.3 is 5.97 Å². The molecule has 3 rings (SSSR count). The highest BCUT2D eigenvalue weighted by Crippen LogP contribution is 2.39. The minimum atomic E-state index is -0.558. The highest BCUT2D eigenvalue weighted by molar-refractivity contribution is 7.13. The van der Waals surface area contributed by atoms with Crippen molar-refractivity contribution in [3.8, 4) is 11.8 Å². The summed E-state index contributed by atoms with van der Waals surface area (Å²) in [6.07, 6.45) is 2.52. The van der Waals surface area contributed by atoms with E-state index in [4.69, 9.17) is 44.3 Å². The van der Waals surface area contributed by atoms with Gasteiger partial charge in [0.25, 0.3) is 0 Å². The lowest BCUT2D eigenvalue weighted by atomic mass is 9.90. The largest absolute Gasteiger partial charge is 0.459 e.